The maximum Gasteiger partial charge on any atom is 0.412 e. The first-order valence-corrected chi connectivity index (χ1v) is 7.02. The van der Waals surface area contributed by atoms with Crippen molar-refractivity contribution in [1.29, 1.82) is 0 Å². The summed E-state index contributed by atoms with van der Waals surface area (Å²) in [6.45, 7) is -1.85. The largest absolute Gasteiger partial charge is 0.775 e. The Bertz CT molecular complexity index is 690. The van der Waals surface area contributed by atoms with Crippen LogP contribution >= 0.6 is 7.60 Å². The maximum absolute atomic E-state index is 12.1. The summed E-state index contributed by atoms with van der Waals surface area (Å²) >= 11 is 0. The molecule has 2 aromatic rings. The summed E-state index contributed by atoms with van der Waals surface area (Å²) in [6.07, 6.45) is -3.60. The van der Waals surface area contributed by atoms with Crippen LogP contribution in [-0.4, -0.2) is 17.9 Å². The smallest absolute Gasteiger partial charge is 0.412 e. The number of aryl methyl sites for hydroxylation is 1. The number of rotatable bonds is 3. The number of aromatic nitrogens is 2. The third-order valence-corrected chi connectivity index (χ3v) is 3.86. The molecule has 0 N–H and O–H groups in total. The van der Waals surface area contributed by atoms with Gasteiger partial charge in [-0.05, 0) is 11.2 Å². The van der Waals surface area contributed by atoms with Gasteiger partial charge in [0.15, 0.2) is 14.6 Å². The summed E-state index contributed by atoms with van der Waals surface area (Å²) in [5.41, 5.74) is 0.346. The van der Waals surface area contributed by atoms with Gasteiger partial charge in [-0.3, -0.25) is 0 Å². The van der Waals surface area contributed by atoms with Crippen molar-refractivity contribution in [3.8, 4) is 0 Å². The van der Waals surface area contributed by atoms with Crippen LogP contribution in [0.5, 0.6) is 0 Å². The first kappa shape index (κ1) is 14.9. The Hall–Kier alpha value is -1.50. The highest BCUT2D eigenvalue weighted by atomic mass is 31.2. The Kier molecular flexibility index (Phi) is 3.82. The van der Waals surface area contributed by atoms with E-state index in [2.05, 4.69) is 9.62 Å². The average Bonchev–Trinajstić information content (AvgIpc) is 2.35. The minimum absolute atomic E-state index is 0.214. The predicted molar refractivity (Wildman–Crippen MR) is 62.2 cm³/mol. The Labute approximate surface area is 112 Å². The molecule has 0 aliphatic rings. The fourth-order valence-corrected chi connectivity index (χ4v) is 2.92. The van der Waals surface area contributed by atoms with Gasteiger partial charge >= 0.3 is 6.18 Å². The quantitative estimate of drug-likeness (QED) is 0.622. The van der Waals surface area contributed by atoms with E-state index in [1.165, 1.54) is 17.8 Å². The minimum Gasteiger partial charge on any atom is -0.775 e. The molecule has 0 amide bonds. The molecule has 1 aromatic heterocycles. The SMILES string of the molecule is C[n+]1cc(P(=O)([O-])OCC(F)(F)F)c2ccccc2n1. The number of alkyl halides is 3. The molecule has 1 atom stereocenters. The zero-order chi connectivity index (χ0) is 15.0. The van der Waals surface area contributed by atoms with Gasteiger partial charge in [0.25, 0.3) is 0 Å². The van der Waals surface area contributed by atoms with E-state index >= 15 is 0 Å². The molecule has 0 aliphatic carbocycles. The monoisotopic (exact) mass is 306 g/mol. The first-order valence-electron chi connectivity index (χ1n) is 5.48. The van der Waals surface area contributed by atoms with E-state index in [9.17, 15) is 22.6 Å². The van der Waals surface area contributed by atoms with E-state index < -0.39 is 20.4 Å². The van der Waals surface area contributed by atoms with Gasteiger partial charge in [0.05, 0.1) is 5.30 Å². The number of benzene rings is 1. The highest BCUT2D eigenvalue weighted by molar-refractivity contribution is 7.60. The molecule has 1 aromatic carbocycles. The van der Waals surface area contributed by atoms with Crippen molar-refractivity contribution in [2.45, 2.75) is 6.18 Å². The standard InChI is InChI=1S/C11H10F3N2O3P/c1-16-6-10(8-4-2-3-5-9(8)15-16)20(17,18)19-7-11(12,13)14/h2-6H,7H2,1H3. The summed E-state index contributed by atoms with van der Waals surface area (Å²) in [7, 11) is -3.37. The number of halogens is 3. The molecular formula is C11H10F3N2O3P. The van der Waals surface area contributed by atoms with Crippen molar-refractivity contribution in [2.24, 2.45) is 7.05 Å². The van der Waals surface area contributed by atoms with E-state index in [1.54, 1.807) is 18.2 Å². The van der Waals surface area contributed by atoms with Crippen molar-refractivity contribution in [3.05, 3.63) is 30.5 Å². The molecule has 20 heavy (non-hydrogen) atoms. The zero-order valence-corrected chi connectivity index (χ0v) is 11.2. The predicted octanol–water partition coefficient (Wildman–Crippen LogP) is 0.817. The van der Waals surface area contributed by atoms with Crippen LogP contribution in [0.25, 0.3) is 10.9 Å². The number of hydrogen-bond donors (Lipinski definition) is 0. The summed E-state index contributed by atoms with van der Waals surface area (Å²) in [5.74, 6) is 0. The Balaban J connectivity index is 2.48. The molecular weight excluding hydrogens is 296 g/mol. The fraction of sp³-hybridized carbons (Fsp3) is 0.273. The van der Waals surface area contributed by atoms with Gasteiger partial charge in [0, 0.05) is 5.39 Å². The third-order valence-electron chi connectivity index (χ3n) is 2.45. The third kappa shape index (κ3) is 3.33. The zero-order valence-electron chi connectivity index (χ0n) is 10.3. The highest BCUT2D eigenvalue weighted by Gasteiger charge is 2.31. The lowest BCUT2D eigenvalue weighted by atomic mass is 10.2. The highest BCUT2D eigenvalue weighted by Crippen LogP contribution is 2.39. The van der Waals surface area contributed by atoms with Crippen LogP contribution in [0.3, 0.4) is 0 Å². The number of nitrogens with zero attached hydrogens (tertiary/aromatic N) is 2. The second kappa shape index (κ2) is 5.12. The lowest BCUT2D eigenvalue weighted by molar-refractivity contribution is -0.727. The van der Waals surface area contributed by atoms with Gasteiger partial charge < -0.3 is 14.0 Å². The van der Waals surface area contributed by atoms with Crippen LogP contribution in [0.4, 0.5) is 13.2 Å². The van der Waals surface area contributed by atoms with Gasteiger partial charge in [0.1, 0.15) is 12.1 Å². The van der Waals surface area contributed by atoms with Crippen LogP contribution in [0.2, 0.25) is 0 Å². The van der Waals surface area contributed by atoms with Gasteiger partial charge in [-0.25, -0.2) is 0 Å². The molecule has 0 spiro atoms. The van der Waals surface area contributed by atoms with Crippen molar-refractivity contribution >= 4 is 23.8 Å². The molecule has 2 rings (SSSR count). The second-order valence-corrected chi connectivity index (χ2v) is 5.83. The van der Waals surface area contributed by atoms with Crippen molar-refractivity contribution in [2.75, 3.05) is 6.61 Å². The van der Waals surface area contributed by atoms with E-state index in [1.807, 2.05) is 0 Å². The molecule has 0 aliphatic heterocycles. The number of hydrogen-bond acceptors (Lipinski definition) is 4. The van der Waals surface area contributed by atoms with Crippen LogP contribution < -0.4 is 14.9 Å². The molecule has 1 unspecified atom stereocenters. The van der Waals surface area contributed by atoms with Gasteiger partial charge in [-0.2, -0.15) is 13.2 Å². The van der Waals surface area contributed by atoms with Gasteiger partial charge in [-0.1, -0.05) is 22.9 Å². The molecule has 0 saturated carbocycles. The molecule has 0 radical (unpaired) electrons. The van der Waals surface area contributed by atoms with Crippen molar-refractivity contribution < 1.29 is 31.8 Å². The van der Waals surface area contributed by atoms with Crippen molar-refractivity contribution in [3.63, 3.8) is 0 Å². The average molecular weight is 306 g/mol. The lowest BCUT2D eigenvalue weighted by Crippen LogP contribution is -2.38. The van der Waals surface area contributed by atoms with Crippen LogP contribution in [0, 0.1) is 0 Å². The summed E-state index contributed by atoms with van der Waals surface area (Å²) in [4.78, 5) is 11.9. The molecule has 0 bridgehead atoms. The van der Waals surface area contributed by atoms with E-state index in [4.69, 9.17) is 0 Å². The van der Waals surface area contributed by atoms with Crippen LogP contribution in [0.1, 0.15) is 0 Å². The molecule has 108 valence electrons. The second-order valence-electron chi connectivity index (χ2n) is 4.09. The number of fused-ring (bicyclic) bond motifs is 1. The first-order chi connectivity index (χ1) is 9.19. The Morgan fingerprint density at radius 1 is 1.40 bits per heavy atom. The van der Waals surface area contributed by atoms with Gasteiger partial charge in [-0.15, -0.1) is 0 Å². The fourth-order valence-electron chi connectivity index (χ4n) is 1.67. The molecule has 0 fully saturated rings. The summed E-state index contributed by atoms with van der Waals surface area (Å²) < 4.78 is 53.5. The molecule has 5 nitrogen and oxygen atoms in total. The molecule has 0 saturated heterocycles. The van der Waals surface area contributed by atoms with Gasteiger partial charge in [0.2, 0.25) is 6.20 Å². The lowest BCUT2D eigenvalue weighted by Gasteiger charge is -2.23. The van der Waals surface area contributed by atoms with Crippen molar-refractivity contribution in [1.82, 2.24) is 5.10 Å². The molecule has 9 heteroatoms. The Morgan fingerprint density at radius 2 is 2.05 bits per heavy atom. The van der Waals surface area contributed by atoms with E-state index in [0.717, 1.165) is 6.20 Å². The van der Waals surface area contributed by atoms with Crippen LogP contribution in [-0.2, 0) is 16.1 Å². The summed E-state index contributed by atoms with van der Waals surface area (Å²) in [6, 6.07) is 6.23. The van der Waals surface area contributed by atoms with E-state index in [0.29, 0.717) is 5.52 Å². The topological polar surface area (TPSA) is 66.1 Å². The van der Waals surface area contributed by atoms with Crippen LogP contribution in [0.15, 0.2) is 30.5 Å². The normalized spacial score (nSPS) is 15.2. The Morgan fingerprint density at radius 3 is 2.70 bits per heavy atom. The minimum atomic E-state index is -4.84. The maximum atomic E-state index is 12.1. The summed E-state index contributed by atoms with van der Waals surface area (Å²) in [5, 5.41) is 3.93. The van der Waals surface area contributed by atoms with E-state index in [-0.39, 0.29) is 10.7 Å². The molecule has 1 heterocycles.